The van der Waals surface area contributed by atoms with E-state index in [0.717, 1.165) is 34.5 Å². The van der Waals surface area contributed by atoms with Crippen LogP contribution in [0.3, 0.4) is 0 Å². The fourth-order valence-electron chi connectivity index (χ4n) is 4.84. The number of aromatic nitrogens is 1. The van der Waals surface area contributed by atoms with Crippen molar-refractivity contribution in [1.82, 2.24) is 4.57 Å². The summed E-state index contributed by atoms with van der Waals surface area (Å²) in [4.78, 5) is 33.9. The summed E-state index contributed by atoms with van der Waals surface area (Å²) in [7, 11) is 0. The van der Waals surface area contributed by atoms with Crippen LogP contribution in [0.2, 0.25) is 5.02 Å². The third-order valence-electron chi connectivity index (χ3n) is 6.80. The molecule has 5 aromatic rings. The van der Waals surface area contributed by atoms with Gasteiger partial charge in [-0.25, -0.2) is 9.79 Å². The van der Waals surface area contributed by atoms with Crippen molar-refractivity contribution in [2.24, 2.45) is 4.99 Å². The van der Waals surface area contributed by atoms with E-state index in [2.05, 4.69) is 45.2 Å². The van der Waals surface area contributed by atoms with Crippen LogP contribution in [0.1, 0.15) is 34.5 Å². The average molecular weight is 865 g/mol. The predicted octanol–water partition coefficient (Wildman–Crippen LogP) is 7.44. The Balaban J connectivity index is 1.45. The Morgan fingerprint density at radius 1 is 1.05 bits per heavy atom. The van der Waals surface area contributed by atoms with Crippen molar-refractivity contribution in [3.8, 4) is 5.75 Å². The predicted molar refractivity (Wildman–Crippen MR) is 193 cm³/mol. The first-order chi connectivity index (χ1) is 21.3. The summed E-state index contributed by atoms with van der Waals surface area (Å²) in [5, 5.41) is 2.62. The summed E-state index contributed by atoms with van der Waals surface area (Å²) in [6, 6.07) is 24.3. The maximum Gasteiger partial charge on any atom is 0.338 e. The lowest BCUT2D eigenvalue weighted by Gasteiger charge is -2.24. The zero-order chi connectivity index (χ0) is 30.8. The fraction of sp³-hybridized carbons (Fsp3) is 0.121. The number of rotatable bonds is 8. The van der Waals surface area contributed by atoms with Crippen LogP contribution >= 0.6 is 79.5 Å². The molecule has 0 N–H and O–H groups in total. The van der Waals surface area contributed by atoms with E-state index in [1.807, 2.05) is 90.3 Å². The SMILES string of the molecule is CCOC(=O)C1=C(c2ccccc2)N=c2s/c(=C\c3cc(I)c(OCc4ccc(Cl)cc4)c(I)c3)c(=O)n2[C@@H]1c1cccs1. The number of nitrogens with zero attached hydrogens (tertiary/aromatic N) is 2. The lowest BCUT2D eigenvalue weighted by atomic mass is 9.97. The largest absolute Gasteiger partial charge is 0.487 e. The molecule has 0 spiro atoms. The minimum Gasteiger partial charge on any atom is -0.487 e. The molecule has 0 saturated carbocycles. The summed E-state index contributed by atoms with van der Waals surface area (Å²) in [5.74, 6) is 0.296. The molecule has 6 nitrogen and oxygen atoms in total. The summed E-state index contributed by atoms with van der Waals surface area (Å²) < 4.78 is 15.7. The van der Waals surface area contributed by atoms with Gasteiger partial charge in [-0.3, -0.25) is 9.36 Å². The first kappa shape index (κ1) is 31.2. The van der Waals surface area contributed by atoms with Gasteiger partial charge in [0.05, 0.1) is 29.5 Å². The first-order valence-electron chi connectivity index (χ1n) is 13.5. The fourth-order valence-corrected chi connectivity index (χ4v) is 8.92. The van der Waals surface area contributed by atoms with Gasteiger partial charge >= 0.3 is 5.97 Å². The van der Waals surface area contributed by atoms with E-state index in [1.54, 1.807) is 11.5 Å². The Bertz CT molecular complexity index is 2030. The van der Waals surface area contributed by atoms with Crippen LogP contribution < -0.4 is 19.6 Å². The van der Waals surface area contributed by atoms with Crippen LogP contribution in [-0.2, 0) is 16.1 Å². The van der Waals surface area contributed by atoms with Crippen LogP contribution in [0.5, 0.6) is 5.75 Å². The number of hydrogen-bond acceptors (Lipinski definition) is 7. The molecule has 44 heavy (non-hydrogen) atoms. The molecule has 0 aliphatic carbocycles. The minimum absolute atomic E-state index is 0.211. The van der Waals surface area contributed by atoms with Gasteiger partial charge in [-0.15, -0.1) is 11.3 Å². The van der Waals surface area contributed by atoms with Crippen molar-refractivity contribution in [2.75, 3.05) is 6.61 Å². The first-order valence-corrected chi connectivity index (χ1v) is 17.8. The molecule has 3 aromatic carbocycles. The van der Waals surface area contributed by atoms with Crippen molar-refractivity contribution < 1.29 is 14.3 Å². The highest BCUT2D eigenvalue weighted by Crippen LogP contribution is 2.37. The van der Waals surface area contributed by atoms with Crippen LogP contribution in [0.4, 0.5) is 0 Å². The smallest absolute Gasteiger partial charge is 0.338 e. The van der Waals surface area contributed by atoms with E-state index in [1.165, 1.54) is 22.7 Å². The van der Waals surface area contributed by atoms with Gasteiger partial charge in [0.25, 0.3) is 5.56 Å². The van der Waals surface area contributed by atoms with Crippen molar-refractivity contribution in [3.63, 3.8) is 0 Å². The quantitative estimate of drug-likeness (QED) is 0.120. The third-order valence-corrected chi connectivity index (χ3v) is 10.6. The maximum absolute atomic E-state index is 14.1. The van der Waals surface area contributed by atoms with Crippen LogP contribution in [0.15, 0.2) is 99.6 Å². The number of thiazole rings is 1. The van der Waals surface area contributed by atoms with Gasteiger partial charge in [-0.1, -0.05) is 71.5 Å². The van der Waals surface area contributed by atoms with Gasteiger partial charge in [0.2, 0.25) is 0 Å². The molecule has 0 unspecified atom stereocenters. The molecular formula is C33H23ClI2N2O4S2. The van der Waals surface area contributed by atoms with Gasteiger partial charge in [-0.05, 0) is 105 Å². The van der Waals surface area contributed by atoms with Crippen LogP contribution in [0.25, 0.3) is 11.8 Å². The van der Waals surface area contributed by atoms with Crippen LogP contribution in [0, 0.1) is 7.14 Å². The normalized spacial score (nSPS) is 14.7. The highest BCUT2D eigenvalue weighted by Gasteiger charge is 2.35. The summed E-state index contributed by atoms with van der Waals surface area (Å²) in [5.41, 5.74) is 3.32. The number of carbonyl (C=O) groups is 1. The lowest BCUT2D eigenvalue weighted by Crippen LogP contribution is -2.39. The number of ether oxygens (including phenoxy) is 2. The molecule has 0 bridgehead atoms. The van der Waals surface area contributed by atoms with Gasteiger partial charge in [0.1, 0.15) is 18.4 Å². The van der Waals surface area contributed by atoms with Gasteiger partial charge in [-0.2, -0.15) is 0 Å². The second kappa shape index (κ2) is 13.7. The summed E-state index contributed by atoms with van der Waals surface area (Å²) in [6.45, 7) is 2.39. The summed E-state index contributed by atoms with van der Waals surface area (Å²) >= 11 is 13.3. The molecule has 1 atom stereocenters. The van der Waals surface area contributed by atoms with E-state index in [4.69, 9.17) is 26.1 Å². The standard InChI is InChI=1S/C33H23ClI2N2O4S2/c1-2-41-32(40)27-28(21-7-4-3-5-8-21)37-33-38(29(27)25-9-6-14-43-25)31(39)26(44-33)17-20-15-23(35)30(24(36)16-20)42-18-19-10-12-22(34)13-11-19/h3-17,29H,2,18H2,1H3/b26-17-/t29-/m1/s1. The Morgan fingerprint density at radius 2 is 1.77 bits per heavy atom. The highest BCUT2D eigenvalue weighted by molar-refractivity contribution is 14.1. The second-order valence-electron chi connectivity index (χ2n) is 9.68. The molecule has 0 radical (unpaired) electrons. The maximum atomic E-state index is 14.1. The van der Waals surface area contributed by atoms with E-state index in [9.17, 15) is 9.59 Å². The van der Waals surface area contributed by atoms with E-state index >= 15 is 0 Å². The molecule has 11 heteroatoms. The van der Waals surface area contributed by atoms with Gasteiger partial charge < -0.3 is 9.47 Å². The van der Waals surface area contributed by atoms with E-state index in [0.29, 0.717) is 32.2 Å². The zero-order valence-electron chi connectivity index (χ0n) is 23.1. The van der Waals surface area contributed by atoms with Crippen molar-refractivity contribution in [3.05, 3.63) is 143 Å². The molecule has 0 fully saturated rings. The zero-order valence-corrected chi connectivity index (χ0v) is 29.8. The Kier molecular flexibility index (Phi) is 9.71. The van der Waals surface area contributed by atoms with Gasteiger partial charge in [0, 0.05) is 15.5 Å². The van der Waals surface area contributed by atoms with Crippen molar-refractivity contribution in [2.45, 2.75) is 19.6 Å². The second-order valence-corrected chi connectivity index (χ2v) is 14.4. The minimum atomic E-state index is -0.661. The molecule has 0 amide bonds. The number of thiophene rings is 1. The molecule has 0 saturated heterocycles. The summed E-state index contributed by atoms with van der Waals surface area (Å²) in [6.07, 6.45) is 1.87. The van der Waals surface area contributed by atoms with E-state index in [-0.39, 0.29) is 12.2 Å². The van der Waals surface area contributed by atoms with E-state index < -0.39 is 12.0 Å². The Hall–Kier alpha value is -2.78. The topological polar surface area (TPSA) is 69.9 Å². The number of halogens is 3. The van der Waals surface area contributed by atoms with Crippen molar-refractivity contribution >= 4 is 97.2 Å². The number of benzene rings is 3. The Morgan fingerprint density at radius 3 is 2.43 bits per heavy atom. The number of carbonyl (C=O) groups excluding carboxylic acids is 1. The number of fused-ring (bicyclic) bond motifs is 1. The molecule has 1 aliphatic rings. The molecule has 1 aliphatic heterocycles. The molecule has 6 rings (SSSR count). The molecular weight excluding hydrogens is 842 g/mol. The number of esters is 1. The van der Waals surface area contributed by atoms with Gasteiger partial charge in [0.15, 0.2) is 4.80 Å². The third kappa shape index (κ3) is 6.45. The molecule has 3 heterocycles. The average Bonchev–Trinajstić information content (AvgIpc) is 3.66. The van der Waals surface area contributed by atoms with Crippen molar-refractivity contribution in [1.29, 1.82) is 0 Å². The monoisotopic (exact) mass is 864 g/mol. The Labute approximate surface area is 293 Å². The molecule has 222 valence electrons. The highest BCUT2D eigenvalue weighted by atomic mass is 127. The molecule has 2 aromatic heterocycles. The van der Waals surface area contributed by atoms with Crippen LogP contribution in [-0.4, -0.2) is 17.1 Å². The number of hydrogen-bond donors (Lipinski definition) is 0. The lowest BCUT2D eigenvalue weighted by molar-refractivity contribution is -0.138.